The van der Waals surface area contributed by atoms with Crippen molar-refractivity contribution < 1.29 is 0 Å². The van der Waals surface area contributed by atoms with Crippen LogP contribution in [0.25, 0.3) is 5.70 Å². The second kappa shape index (κ2) is 10.8. The zero-order valence-electron chi connectivity index (χ0n) is 17.3. The van der Waals surface area contributed by atoms with Crippen LogP contribution in [0.2, 0.25) is 0 Å². The van der Waals surface area contributed by atoms with Gasteiger partial charge in [0.25, 0.3) is 0 Å². The first-order valence-corrected chi connectivity index (χ1v) is 10.6. The monoisotopic (exact) mass is 395 g/mol. The molecule has 3 rings (SSSR count). The first-order valence-electron chi connectivity index (χ1n) is 10.6. The minimum atomic E-state index is 0.273. The number of hydrogen-bond donors (Lipinski definition) is 4. The maximum absolute atomic E-state index is 6.13. The van der Waals surface area contributed by atoms with Crippen molar-refractivity contribution in [1.29, 1.82) is 0 Å². The van der Waals surface area contributed by atoms with Gasteiger partial charge in [-0.15, -0.1) is 0 Å². The predicted octanol–water partition coefficient (Wildman–Crippen LogP) is 3.18. The molecule has 0 amide bonds. The van der Waals surface area contributed by atoms with Crippen LogP contribution in [0.3, 0.4) is 0 Å². The maximum Gasteiger partial charge on any atom is 0.224 e. The molecule has 2 heterocycles. The lowest BCUT2D eigenvalue weighted by Crippen LogP contribution is -2.38. The third-order valence-corrected chi connectivity index (χ3v) is 5.20. The summed E-state index contributed by atoms with van der Waals surface area (Å²) in [6.45, 7) is 7.99. The van der Waals surface area contributed by atoms with Crippen molar-refractivity contribution in [2.75, 3.05) is 23.7 Å². The second-order valence-corrected chi connectivity index (χ2v) is 7.66. The molecule has 0 aliphatic heterocycles. The first-order chi connectivity index (χ1) is 14.2. The molecular formula is C22H33N7. The molecule has 0 bridgehead atoms. The van der Waals surface area contributed by atoms with Gasteiger partial charge in [-0.25, -0.2) is 4.98 Å². The molecule has 2 aromatic rings. The highest BCUT2D eigenvalue weighted by Gasteiger charge is 2.20. The molecule has 0 saturated heterocycles. The summed E-state index contributed by atoms with van der Waals surface area (Å²) in [5.41, 5.74) is 9.13. The Morgan fingerprint density at radius 3 is 2.79 bits per heavy atom. The Kier molecular flexibility index (Phi) is 7.81. The van der Waals surface area contributed by atoms with E-state index < -0.39 is 0 Å². The minimum Gasteiger partial charge on any atom is -0.382 e. The molecule has 156 valence electrons. The van der Waals surface area contributed by atoms with Gasteiger partial charge in [0.15, 0.2) is 0 Å². The smallest absolute Gasteiger partial charge is 0.224 e. The van der Waals surface area contributed by atoms with Gasteiger partial charge >= 0.3 is 0 Å². The standard InChI is InChI=1S/C22H33N7/c1-3-10-25-21-20(16(2)28-19-6-4-5-18(23)14-19)15-27-22(29-21)26-13-9-17-7-11-24-12-8-17/h7-8,11-12,15,18-19,28H,2-6,9-10,13-14,23H2,1H3,(H2,25,26,27,29). The molecule has 1 aliphatic rings. The number of aromatic nitrogens is 3. The first kappa shape index (κ1) is 21.0. The average Bonchev–Trinajstić information content (AvgIpc) is 2.73. The molecule has 0 aromatic carbocycles. The highest BCUT2D eigenvalue weighted by molar-refractivity contribution is 5.71. The summed E-state index contributed by atoms with van der Waals surface area (Å²) in [5, 5.41) is 10.3. The van der Waals surface area contributed by atoms with Crippen LogP contribution >= 0.6 is 0 Å². The average molecular weight is 396 g/mol. The quantitative estimate of drug-likeness (QED) is 0.490. The van der Waals surface area contributed by atoms with Crippen LogP contribution in [0.4, 0.5) is 11.8 Å². The van der Waals surface area contributed by atoms with Crippen LogP contribution in [0, 0.1) is 0 Å². The Balaban J connectivity index is 1.63. The number of rotatable bonds is 10. The third-order valence-electron chi connectivity index (χ3n) is 5.20. The number of pyridine rings is 1. The molecule has 7 heteroatoms. The second-order valence-electron chi connectivity index (χ2n) is 7.66. The van der Waals surface area contributed by atoms with E-state index in [0.29, 0.717) is 12.0 Å². The summed E-state index contributed by atoms with van der Waals surface area (Å²) in [6.07, 6.45) is 11.7. The van der Waals surface area contributed by atoms with Crippen molar-refractivity contribution in [3.63, 3.8) is 0 Å². The van der Waals surface area contributed by atoms with E-state index in [1.165, 1.54) is 5.56 Å². The van der Waals surface area contributed by atoms with Gasteiger partial charge in [-0.05, 0) is 56.2 Å². The Bertz CT molecular complexity index is 778. The Morgan fingerprint density at radius 1 is 1.21 bits per heavy atom. The molecule has 1 saturated carbocycles. The van der Waals surface area contributed by atoms with Gasteiger partial charge in [-0.2, -0.15) is 4.98 Å². The zero-order chi connectivity index (χ0) is 20.5. The van der Waals surface area contributed by atoms with Crippen molar-refractivity contribution >= 4 is 17.5 Å². The summed E-state index contributed by atoms with van der Waals surface area (Å²) in [7, 11) is 0. The van der Waals surface area contributed by atoms with E-state index in [2.05, 4.69) is 39.4 Å². The van der Waals surface area contributed by atoms with E-state index in [1.54, 1.807) is 0 Å². The van der Waals surface area contributed by atoms with Crippen LogP contribution < -0.4 is 21.7 Å². The lowest BCUT2D eigenvalue weighted by molar-refractivity contribution is 0.367. The Morgan fingerprint density at radius 2 is 2.03 bits per heavy atom. The van der Waals surface area contributed by atoms with Gasteiger partial charge in [-0.3, -0.25) is 4.98 Å². The molecule has 7 nitrogen and oxygen atoms in total. The molecule has 0 radical (unpaired) electrons. The minimum absolute atomic E-state index is 0.273. The molecule has 1 aliphatic carbocycles. The normalized spacial score (nSPS) is 18.8. The fourth-order valence-electron chi connectivity index (χ4n) is 3.62. The van der Waals surface area contributed by atoms with Crippen molar-refractivity contribution in [1.82, 2.24) is 20.3 Å². The van der Waals surface area contributed by atoms with E-state index in [9.17, 15) is 0 Å². The largest absolute Gasteiger partial charge is 0.382 e. The molecule has 1 fully saturated rings. The topological polar surface area (TPSA) is 101 Å². The van der Waals surface area contributed by atoms with Gasteiger partial charge in [0, 0.05) is 49.5 Å². The van der Waals surface area contributed by atoms with E-state index in [1.807, 2.05) is 30.7 Å². The summed E-state index contributed by atoms with van der Waals surface area (Å²) >= 11 is 0. The number of nitrogens with zero attached hydrogens (tertiary/aromatic N) is 3. The summed E-state index contributed by atoms with van der Waals surface area (Å²) in [4.78, 5) is 13.3. The highest BCUT2D eigenvalue weighted by Crippen LogP contribution is 2.24. The molecule has 2 aromatic heterocycles. The summed E-state index contributed by atoms with van der Waals surface area (Å²) in [5.74, 6) is 1.43. The van der Waals surface area contributed by atoms with Gasteiger partial charge in [-0.1, -0.05) is 13.5 Å². The maximum atomic E-state index is 6.13. The number of hydrogen-bond acceptors (Lipinski definition) is 7. The predicted molar refractivity (Wildman–Crippen MR) is 120 cm³/mol. The van der Waals surface area contributed by atoms with Crippen molar-refractivity contribution in [3.8, 4) is 0 Å². The zero-order valence-corrected chi connectivity index (χ0v) is 17.3. The van der Waals surface area contributed by atoms with E-state index >= 15 is 0 Å². The van der Waals surface area contributed by atoms with Gasteiger partial charge < -0.3 is 21.7 Å². The number of anilines is 2. The van der Waals surface area contributed by atoms with Crippen LogP contribution in [-0.4, -0.2) is 40.1 Å². The number of nitrogens with two attached hydrogens (primary N) is 1. The van der Waals surface area contributed by atoms with Gasteiger partial charge in [0.05, 0.1) is 5.56 Å². The van der Waals surface area contributed by atoms with Crippen molar-refractivity contribution in [3.05, 3.63) is 48.4 Å². The lowest BCUT2D eigenvalue weighted by atomic mass is 9.91. The fraction of sp³-hybridized carbons (Fsp3) is 0.500. The molecular weight excluding hydrogens is 362 g/mol. The fourth-order valence-corrected chi connectivity index (χ4v) is 3.62. The molecule has 29 heavy (non-hydrogen) atoms. The molecule has 2 unspecified atom stereocenters. The summed E-state index contributed by atoms with van der Waals surface area (Å²) < 4.78 is 0. The van der Waals surface area contributed by atoms with Gasteiger partial charge in [0.2, 0.25) is 5.95 Å². The highest BCUT2D eigenvalue weighted by atomic mass is 15.1. The van der Waals surface area contributed by atoms with Gasteiger partial charge in [0.1, 0.15) is 5.82 Å². The third kappa shape index (κ3) is 6.42. The summed E-state index contributed by atoms with van der Waals surface area (Å²) in [6, 6.07) is 4.68. The van der Waals surface area contributed by atoms with Crippen molar-refractivity contribution in [2.45, 2.75) is 57.5 Å². The Hall–Kier alpha value is -2.67. The van der Waals surface area contributed by atoms with Crippen LogP contribution in [0.15, 0.2) is 37.3 Å². The molecule has 0 spiro atoms. The van der Waals surface area contributed by atoms with Crippen molar-refractivity contribution in [2.24, 2.45) is 5.73 Å². The molecule has 5 N–H and O–H groups in total. The van der Waals surface area contributed by atoms with Crippen LogP contribution in [0.5, 0.6) is 0 Å². The molecule has 2 atom stereocenters. The Labute approximate surface area is 173 Å². The van der Waals surface area contributed by atoms with E-state index in [0.717, 1.165) is 68.7 Å². The lowest BCUT2D eigenvalue weighted by Gasteiger charge is -2.29. The van der Waals surface area contributed by atoms with E-state index in [4.69, 9.17) is 10.7 Å². The van der Waals surface area contributed by atoms with E-state index in [-0.39, 0.29) is 6.04 Å². The van der Waals surface area contributed by atoms with Crippen LogP contribution in [0.1, 0.15) is 50.2 Å². The van der Waals surface area contributed by atoms with Crippen LogP contribution in [-0.2, 0) is 6.42 Å². The SMILES string of the molecule is C=C(NC1CCCC(N)C1)c1cnc(NCCc2ccncc2)nc1NCCC. The number of nitrogens with one attached hydrogen (secondary N) is 3.